The summed E-state index contributed by atoms with van der Waals surface area (Å²) in [5, 5.41) is 0.431. The van der Waals surface area contributed by atoms with Gasteiger partial charge >= 0.3 is 0 Å². The minimum Gasteiger partial charge on any atom is -0.334 e. The van der Waals surface area contributed by atoms with Crippen LogP contribution in [-0.2, 0) is 16.1 Å². The fourth-order valence-corrected chi connectivity index (χ4v) is 3.31. The van der Waals surface area contributed by atoms with Gasteiger partial charge in [0, 0.05) is 29.8 Å². The molecule has 8 heteroatoms. The van der Waals surface area contributed by atoms with Gasteiger partial charge in [-0.15, -0.1) is 0 Å². The Labute approximate surface area is 113 Å². The molecule has 0 aromatic carbocycles. The molecule has 0 unspecified atom stereocenters. The van der Waals surface area contributed by atoms with Crippen LogP contribution in [0.4, 0.5) is 0 Å². The van der Waals surface area contributed by atoms with E-state index in [1.807, 2.05) is 0 Å². The third-order valence-electron chi connectivity index (χ3n) is 2.96. The summed E-state index contributed by atoms with van der Waals surface area (Å²) < 4.78 is 24.6. The predicted molar refractivity (Wildman–Crippen MR) is 68.5 cm³/mol. The zero-order chi connectivity index (χ0) is 13.1. The van der Waals surface area contributed by atoms with Gasteiger partial charge in [0.15, 0.2) is 0 Å². The van der Waals surface area contributed by atoms with Crippen molar-refractivity contribution in [3.8, 4) is 0 Å². The molecule has 0 saturated heterocycles. The fourth-order valence-electron chi connectivity index (χ4n) is 1.92. The molecule has 2 aromatic rings. The van der Waals surface area contributed by atoms with Gasteiger partial charge in [-0.05, 0) is 12.8 Å². The van der Waals surface area contributed by atoms with Crippen LogP contribution in [0, 0.1) is 0 Å². The van der Waals surface area contributed by atoms with Crippen molar-refractivity contribution in [3.05, 3.63) is 17.2 Å². The molecule has 0 amide bonds. The highest BCUT2D eigenvalue weighted by atomic mass is 35.7. The van der Waals surface area contributed by atoms with E-state index in [0.717, 1.165) is 12.8 Å². The second-order valence-electron chi connectivity index (χ2n) is 4.39. The van der Waals surface area contributed by atoms with Crippen LogP contribution >= 0.6 is 22.3 Å². The fraction of sp³-hybridized carbons (Fsp3) is 0.400. The molecule has 1 saturated carbocycles. The van der Waals surface area contributed by atoms with E-state index in [9.17, 15) is 8.42 Å². The molecule has 96 valence electrons. The lowest BCUT2D eigenvalue weighted by atomic mass is 10.3. The molecule has 5 nitrogen and oxygen atoms in total. The molecule has 18 heavy (non-hydrogen) atoms. The monoisotopic (exact) mass is 305 g/mol. The van der Waals surface area contributed by atoms with Gasteiger partial charge in [0.1, 0.15) is 21.5 Å². The van der Waals surface area contributed by atoms with Crippen LogP contribution in [0.3, 0.4) is 0 Å². The highest BCUT2D eigenvalue weighted by molar-refractivity contribution is 8.14. The summed E-state index contributed by atoms with van der Waals surface area (Å²) in [7, 11) is 3.22. The molecular weight excluding hydrogens is 297 g/mol. The number of hydrogen-bond donors (Lipinski definition) is 0. The largest absolute Gasteiger partial charge is 0.334 e. The number of fused-ring (bicyclic) bond motifs is 1. The normalized spacial score (nSPS) is 16.4. The van der Waals surface area contributed by atoms with E-state index in [1.54, 1.807) is 11.6 Å². The highest BCUT2D eigenvalue weighted by Crippen LogP contribution is 2.40. The lowest BCUT2D eigenvalue weighted by molar-refractivity contribution is 0.610. The van der Waals surface area contributed by atoms with Crippen molar-refractivity contribution in [2.24, 2.45) is 7.05 Å². The number of nitrogens with zero attached hydrogens (tertiary/aromatic N) is 3. The van der Waals surface area contributed by atoms with E-state index in [-0.39, 0.29) is 10.0 Å². The first-order valence-corrected chi connectivity index (χ1v) is 8.04. The third-order valence-corrected chi connectivity index (χ3v) is 4.57. The summed E-state index contributed by atoms with van der Waals surface area (Å²) in [5.74, 6) is 1.02. The van der Waals surface area contributed by atoms with Crippen molar-refractivity contribution in [1.82, 2.24) is 14.5 Å². The second-order valence-corrected chi connectivity index (χ2v) is 7.28. The Morgan fingerprint density at radius 2 is 2.06 bits per heavy atom. The smallest absolute Gasteiger partial charge is 0.263 e. The molecule has 3 rings (SSSR count). The van der Waals surface area contributed by atoms with E-state index in [0.29, 0.717) is 22.8 Å². The standard InChI is InChI=1S/C10H9Cl2N3O2S/c1-15-4-6(18(12,16)17)7-8(11)13-9(5-2-3-5)14-10(7)15/h4-5H,2-3H2,1H3. The van der Waals surface area contributed by atoms with Crippen molar-refractivity contribution in [2.45, 2.75) is 23.7 Å². The van der Waals surface area contributed by atoms with Crippen LogP contribution in [0.25, 0.3) is 11.0 Å². The maximum atomic E-state index is 11.5. The van der Waals surface area contributed by atoms with E-state index >= 15 is 0 Å². The minimum absolute atomic E-state index is 0.0472. The molecule has 0 spiro atoms. The van der Waals surface area contributed by atoms with Gasteiger partial charge < -0.3 is 4.57 Å². The molecule has 0 atom stereocenters. The first-order valence-electron chi connectivity index (χ1n) is 5.35. The Morgan fingerprint density at radius 3 is 2.61 bits per heavy atom. The molecule has 0 N–H and O–H groups in total. The summed E-state index contributed by atoms with van der Waals surface area (Å²) in [6, 6.07) is 0. The van der Waals surface area contributed by atoms with Crippen molar-refractivity contribution in [3.63, 3.8) is 0 Å². The summed E-state index contributed by atoms with van der Waals surface area (Å²) in [6.45, 7) is 0. The summed E-state index contributed by atoms with van der Waals surface area (Å²) >= 11 is 6.07. The Balaban J connectivity index is 2.37. The second kappa shape index (κ2) is 3.82. The zero-order valence-corrected chi connectivity index (χ0v) is 11.7. The first-order chi connectivity index (χ1) is 8.38. The van der Waals surface area contributed by atoms with Crippen LogP contribution in [0.15, 0.2) is 11.1 Å². The quantitative estimate of drug-likeness (QED) is 0.631. The van der Waals surface area contributed by atoms with E-state index in [2.05, 4.69) is 9.97 Å². The van der Waals surface area contributed by atoms with E-state index < -0.39 is 9.05 Å². The van der Waals surface area contributed by atoms with Crippen LogP contribution in [0.2, 0.25) is 5.15 Å². The first kappa shape index (κ1) is 12.2. The average Bonchev–Trinajstić information content (AvgIpc) is 3.03. The average molecular weight is 306 g/mol. The van der Waals surface area contributed by atoms with Gasteiger partial charge in [0.05, 0.1) is 5.39 Å². The maximum Gasteiger partial charge on any atom is 0.263 e. The zero-order valence-electron chi connectivity index (χ0n) is 9.39. The van der Waals surface area contributed by atoms with Gasteiger partial charge in [-0.2, -0.15) is 0 Å². The molecule has 0 radical (unpaired) electrons. The van der Waals surface area contributed by atoms with Crippen molar-refractivity contribution >= 4 is 42.4 Å². The molecule has 0 bridgehead atoms. The molecule has 1 fully saturated rings. The SMILES string of the molecule is Cn1cc(S(=O)(=O)Cl)c2c(Cl)nc(C3CC3)nc21. The number of hydrogen-bond acceptors (Lipinski definition) is 4. The summed E-state index contributed by atoms with van der Waals surface area (Å²) in [4.78, 5) is 8.50. The van der Waals surface area contributed by atoms with Crippen molar-refractivity contribution in [1.29, 1.82) is 0 Å². The molecule has 0 aliphatic heterocycles. The van der Waals surface area contributed by atoms with Crippen molar-refractivity contribution in [2.75, 3.05) is 0 Å². The molecular formula is C10H9Cl2N3O2S. The Kier molecular flexibility index (Phi) is 2.59. The molecule has 1 aliphatic carbocycles. The number of rotatable bonds is 2. The van der Waals surface area contributed by atoms with Gasteiger partial charge in [-0.25, -0.2) is 18.4 Å². The number of aromatic nitrogens is 3. The van der Waals surface area contributed by atoms with Crippen LogP contribution in [0.1, 0.15) is 24.6 Å². The van der Waals surface area contributed by atoms with Gasteiger partial charge in [0.2, 0.25) is 0 Å². The number of aryl methyl sites for hydroxylation is 1. The van der Waals surface area contributed by atoms with E-state index in [4.69, 9.17) is 22.3 Å². The van der Waals surface area contributed by atoms with Gasteiger partial charge in [-0.3, -0.25) is 0 Å². The Bertz CT molecular complexity index is 750. The molecule has 2 aromatic heterocycles. The third kappa shape index (κ3) is 1.88. The summed E-state index contributed by atoms with van der Waals surface area (Å²) in [5.41, 5.74) is 0.496. The van der Waals surface area contributed by atoms with Crippen LogP contribution < -0.4 is 0 Å². The van der Waals surface area contributed by atoms with Crippen LogP contribution in [0.5, 0.6) is 0 Å². The number of halogens is 2. The Morgan fingerprint density at radius 1 is 1.39 bits per heavy atom. The predicted octanol–water partition coefficient (Wildman–Crippen LogP) is 2.43. The molecule has 2 heterocycles. The topological polar surface area (TPSA) is 64.8 Å². The van der Waals surface area contributed by atoms with E-state index in [1.165, 1.54) is 6.20 Å². The summed E-state index contributed by atoms with van der Waals surface area (Å²) in [6.07, 6.45) is 3.50. The van der Waals surface area contributed by atoms with Crippen molar-refractivity contribution < 1.29 is 8.42 Å². The van der Waals surface area contributed by atoms with Gasteiger partial charge in [-0.1, -0.05) is 11.6 Å². The minimum atomic E-state index is -3.86. The lowest BCUT2D eigenvalue weighted by Crippen LogP contribution is -1.97. The van der Waals surface area contributed by atoms with Gasteiger partial charge in [0.25, 0.3) is 9.05 Å². The Hall–Kier alpha value is -0.850. The highest BCUT2D eigenvalue weighted by Gasteiger charge is 2.29. The maximum absolute atomic E-state index is 11.5. The lowest BCUT2D eigenvalue weighted by Gasteiger charge is -2.01. The van der Waals surface area contributed by atoms with Crippen LogP contribution in [-0.4, -0.2) is 23.0 Å². The molecule has 1 aliphatic rings.